The molecule has 0 saturated carbocycles. The Labute approximate surface area is 150 Å². The minimum Gasteiger partial charge on any atom is -0.481 e. The summed E-state index contributed by atoms with van der Waals surface area (Å²) in [6.07, 6.45) is -0.888. The second kappa shape index (κ2) is 8.32. The van der Waals surface area contributed by atoms with Crippen molar-refractivity contribution in [1.82, 2.24) is 10.2 Å². The van der Waals surface area contributed by atoms with E-state index in [4.69, 9.17) is 21.0 Å². The summed E-state index contributed by atoms with van der Waals surface area (Å²) in [6.45, 7) is 0.0324. The monoisotopic (exact) mass is 362 g/mol. The summed E-state index contributed by atoms with van der Waals surface area (Å²) in [5.74, 6) is -1.40. The van der Waals surface area contributed by atoms with Gasteiger partial charge >= 0.3 is 12.1 Å². The van der Waals surface area contributed by atoms with Crippen molar-refractivity contribution in [2.75, 3.05) is 13.6 Å². The van der Waals surface area contributed by atoms with Gasteiger partial charge in [0.2, 0.25) is 5.91 Å². The van der Waals surface area contributed by atoms with Crippen LogP contribution in [0.4, 0.5) is 4.79 Å². The minimum absolute atomic E-state index is 0.0266. The maximum Gasteiger partial charge on any atom is 0.410 e. The summed E-state index contributed by atoms with van der Waals surface area (Å²) in [7, 11) is 1.62. The molecular formula is C17H22N4O5. The maximum absolute atomic E-state index is 12.1. The molecule has 2 amide bonds. The van der Waals surface area contributed by atoms with E-state index < -0.39 is 18.2 Å². The quantitative estimate of drug-likeness (QED) is 0.417. The van der Waals surface area contributed by atoms with Crippen LogP contribution in [0, 0.1) is 5.41 Å². The Bertz CT molecular complexity index is 704. The summed E-state index contributed by atoms with van der Waals surface area (Å²) in [5, 5.41) is 18.5. The Morgan fingerprint density at radius 1 is 1.38 bits per heavy atom. The zero-order valence-corrected chi connectivity index (χ0v) is 14.4. The number of amidine groups is 1. The number of nitrogens with one attached hydrogen (secondary N) is 2. The van der Waals surface area contributed by atoms with Gasteiger partial charge in [-0.1, -0.05) is 24.3 Å². The first-order valence-electron chi connectivity index (χ1n) is 8.14. The number of nitrogen functional groups attached to an aromatic ring is 1. The molecule has 0 aliphatic carbocycles. The third kappa shape index (κ3) is 4.95. The number of aliphatic carboxylic acids is 1. The molecule has 9 heteroatoms. The average Bonchev–Trinajstić information content (AvgIpc) is 2.57. The molecule has 140 valence electrons. The molecule has 1 aromatic rings. The van der Waals surface area contributed by atoms with Crippen molar-refractivity contribution in [3.8, 4) is 0 Å². The average molecular weight is 362 g/mol. The lowest BCUT2D eigenvalue weighted by Gasteiger charge is -2.36. The van der Waals surface area contributed by atoms with Gasteiger partial charge in [-0.15, -0.1) is 0 Å². The van der Waals surface area contributed by atoms with Gasteiger partial charge in [0.1, 0.15) is 11.9 Å². The molecule has 0 bridgehead atoms. The number of cyclic esters (lactones) is 1. The maximum atomic E-state index is 12.1. The summed E-state index contributed by atoms with van der Waals surface area (Å²) in [5.41, 5.74) is 6.88. The molecule has 1 aliphatic heterocycles. The van der Waals surface area contributed by atoms with E-state index >= 15 is 0 Å². The fraction of sp³-hybridized carbons (Fsp3) is 0.412. The van der Waals surface area contributed by atoms with Crippen molar-refractivity contribution in [2.45, 2.75) is 31.4 Å². The van der Waals surface area contributed by atoms with E-state index in [-0.39, 0.29) is 37.2 Å². The smallest absolute Gasteiger partial charge is 0.410 e. The Balaban J connectivity index is 2.01. The number of carbonyl (C=O) groups is 3. The van der Waals surface area contributed by atoms with E-state index in [9.17, 15) is 14.4 Å². The number of benzene rings is 1. The molecule has 1 aliphatic rings. The highest BCUT2D eigenvalue weighted by Crippen LogP contribution is 2.31. The number of nitrogens with zero attached hydrogens (tertiary/aromatic N) is 1. The molecule has 26 heavy (non-hydrogen) atoms. The van der Waals surface area contributed by atoms with E-state index in [0.29, 0.717) is 12.0 Å². The van der Waals surface area contributed by atoms with Gasteiger partial charge in [0.25, 0.3) is 0 Å². The summed E-state index contributed by atoms with van der Waals surface area (Å²) in [6, 6.07) is 6.73. The van der Waals surface area contributed by atoms with Crippen molar-refractivity contribution in [2.24, 2.45) is 5.73 Å². The predicted molar refractivity (Wildman–Crippen MR) is 92.7 cm³/mol. The van der Waals surface area contributed by atoms with Crippen molar-refractivity contribution >= 4 is 23.8 Å². The number of carboxylic acid groups (broad SMARTS) is 1. The fourth-order valence-electron chi connectivity index (χ4n) is 2.77. The van der Waals surface area contributed by atoms with Gasteiger partial charge in [-0.3, -0.25) is 15.0 Å². The van der Waals surface area contributed by atoms with Gasteiger partial charge in [0.15, 0.2) is 0 Å². The second-order valence-corrected chi connectivity index (χ2v) is 6.10. The molecule has 2 unspecified atom stereocenters. The third-order valence-corrected chi connectivity index (χ3v) is 4.19. The van der Waals surface area contributed by atoms with Crippen LogP contribution in [0.15, 0.2) is 24.3 Å². The van der Waals surface area contributed by atoms with Gasteiger partial charge in [-0.25, -0.2) is 4.79 Å². The van der Waals surface area contributed by atoms with E-state index in [0.717, 1.165) is 5.56 Å². The standard InChI is InChI=1S/C17H22N4O5/c1-21-13(10-2-4-11(5-3-10)16(18)19)8-12(26-17(21)25)9-14(22)20-7-6-15(23)24/h2-5,12-13H,6-9H2,1H3,(H3,18,19)(H,20,22)(H,23,24). The Morgan fingerprint density at radius 3 is 2.62 bits per heavy atom. The first-order valence-corrected chi connectivity index (χ1v) is 8.14. The van der Waals surface area contributed by atoms with Crippen molar-refractivity contribution < 1.29 is 24.2 Å². The number of amides is 2. The van der Waals surface area contributed by atoms with Gasteiger partial charge < -0.3 is 25.8 Å². The molecule has 0 aromatic heterocycles. The van der Waals surface area contributed by atoms with Crippen LogP contribution in [0.5, 0.6) is 0 Å². The normalized spacial score (nSPS) is 19.6. The van der Waals surface area contributed by atoms with Crippen LogP contribution in [0.3, 0.4) is 0 Å². The van der Waals surface area contributed by atoms with E-state index in [1.165, 1.54) is 4.90 Å². The lowest BCUT2D eigenvalue weighted by Crippen LogP contribution is -2.43. The van der Waals surface area contributed by atoms with E-state index in [2.05, 4.69) is 5.32 Å². The molecular weight excluding hydrogens is 340 g/mol. The molecule has 0 spiro atoms. The van der Waals surface area contributed by atoms with Crippen molar-refractivity contribution in [3.05, 3.63) is 35.4 Å². The molecule has 1 heterocycles. The Kier molecular flexibility index (Phi) is 6.16. The summed E-state index contributed by atoms with van der Waals surface area (Å²) < 4.78 is 5.27. The lowest BCUT2D eigenvalue weighted by molar-refractivity contribution is -0.136. The first-order chi connectivity index (χ1) is 12.3. The van der Waals surface area contributed by atoms with Crippen LogP contribution in [-0.4, -0.2) is 53.5 Å². The number of carboxylic acids is 1. The van der Waals surface area contributed by atoms with Crippen LogP contribution in [0.25, 0.3) is 0 Å². The fourth-order valence-corrected chi connectivity index (χ4v) is 2.77. The zero-order valence-electron chi connectivity index (χ0n) is 14.4. The number of rotatable bonds is 7. The van der Waals surface area contributed by atoms with Gasteiger partial charge in [-0.05, 0) is 5.56 Å². The zero-order chi connectivity index (χ0) is 19.3. The topological polar surface area (TPSA) is 146 Å². The number of hydrogen-bond acceptors (Lipinski definition) is 5. The highest BCUT2D eigenvalue weighted by Gasteiger charge is 2.34. The van der Waals surface area contributed by atoms with E-state index in [1.807, 2.05) is 0 Å². The van der Waals surface area contributed by atoms with Crippen LogP contribution in [-0.2, 0) is 14.3 Å². The Morgan fingerprint density at radius 2 is 2.04 bits per heavy atom. The van der Waals surface area contributed by atoms with Crippen LogP contribution in [0.2, 0.25) is 0 Å². The van der Waals surface area contributed by atoms with Gasteiger partial charge in [-0.2, -0.15) is 0 Å². The third-order valence-electron chi connectivity index (χ3n) is 4.19. The number of carbonyl (C=O) groups excluding carboxylic acids is 2. The first kappa shape index (κ1) is 19.2. The number of ether oxygens (including phenoxy) is 1. The predicted octanol–water partition coefficient (Wildman–Crippen LogP) is 0.833. The Hall–Kier alpha value is -3.10. The highest BCUT2D eigenvalue weighted by atomic mass is 16.6. The van der Waals surface area contributed by atoms with Crippen LogP contribution in [0.1, 0.15) is 36.4 Å². The second-order valence-electron chi connectivity index (χ2n) is 6.10. The molecule has 1 fully saturated rings. The molecule has 2 atom stereocenters. The van der Waals surface area contributed by atoms with Gasteiger partial charge in [0, 0.05) is 25.6 Å². The molecule has 5 N–H and O–H groups in total. The van der Waals surface area contributed by atoms with E-state index in [1.54, 1.807) is 31.3 Å². The number of hydrogen-bond donors (Lipinski definition) is 4. The largest absolute Gasteiger partial charge is 0.481 e. The molecule has 0 radical (unpaired) electrons. The van der Waals surface area contributed by atoms with Crippen LogP contribution >= 0.6 is 0 Å². The summed E-state index contributed by atoms with van der Waals surface area (Å²) in [4.78, 5) is 35.9. The van der Waals surface area contributed by atoms with Crippen LogP contribution < -0.4 is 11.1 Å². The highest BCUT2D eigenvalue weighted by molar-refractivity contribution is 5.94. The van der Waals surface area contributed by atoms with Crippen molar-refractivity contribution in [3.63, 3.8) is 0 Å². The lowest BCUT2D eigenvalue weighted by atomic mass is 9.95. The molecule has 1 saturated heterocycles. The minimum atomic E-state index is -0.995. The molecule has 9 nitrogen and oxygen atoms in total. The van der Waals surface area contributed by atoms with Crippen molar-refractivity contribution in [1.29, 1.82) is 5.41 Å². The SMILES string of the molecule is CN1C(=O)OC(CC(=O)NCCC(=O)O)CC1c1ccc(C(=N)N)cc1. The molecule has 1 aromatic carbocycles. The molecule has 2 rings (SSSR count). The van der Waals surface area contributed by atoms with Gasteiger partial charge in [0.05, 0.1) is 18.9 Å². The summed E-state index contributed by atoms with van der Waals surface area (Å²) >= 11 is 0. The number of nitrogens with two attached hydrogens (primary N) is 1.